The van der Waals surface area contributed by atoms with Crippen molar-refractivity contribution >= 4 is 17.4 Å². The molecule has 2 heterocycles. The van der Waals surface area contributed by atoms with E-state index in [0.29, 0.717) is 18.1 Å². The van der Waals surface area contributed by atoms with Crippen molar-refractivity contribution in [2.24, 2.45) is 33.7 Å². The number of hydrogen-bond donors (Lipinski definition) is 2. The summed E-state index contributed by atoms with van der Waals surface area (Å²) < 4.78 is 0. The minimum absolute atomic E-state index is 0.00533. The van der Waals surface area contributed by atoms with Gasteiger partial charge < -0.3 is 15.5 Å². The Bertz CT molecular complexity index is 716. The van der Waals surface area contributed by atoms with Gasteiger partial charge in [0.15, 0.2) is 0 Å². The molecule has 154 valence electrons. The zero-order valence-corrected chi connectivity index (χ0v) is 17.1. The summed E-state index contributed by atoms with van der Waals surface area (Å²) in [6, 6.07) is 0.139. The number of carbonyl (C=O) groups is 2. The van der Waals surface area contributed by atoms with Crippen LogP contribution in [0.1, 0.15) is 65.2 Å². The summed E-state index contributed by atoms with van der Waals surface area (Å²) in [7, 11) is 0. The van der Waals surface area contributed by atoms with Gasteiger partial charge in [-0.05, 0) is 55.9 Å². The highest BCUT2D eigenvalue weighted by molar-refractivity contribution is 5.91. The lowest BCUT2D eigenvalue weighted by Crippen LogP contribution is -2.65. The van der Waals surface area contributed by atoms with Crippen LogP contribution in [0.2, 0.25) is 0 Å². The molecule has 28 heavy (non-hydrogen) atoms. The van der Waals surface area contributed by atoms with Gasteiger partial charge in [-0.15, -0.1) is 0 Å². The van der Waals surface area contributed by atoms with Crippen molar-refractivity contribution < 1.29 is 14.4 Å². The van der Waals surface area contributed by atoms with E-state index < -0.39 is 0 Å². The Labute approximate surface area is 167 Å². The van der Waals surface area contributed by atoms with Gasteiger partial charge >= 0.3 is 0 Å². The monoisotopic (exact) mass is 387 g/mol. The summed E-state index contributed by atoms with van der Waals surface area (Å²) in [5.41, 5.74) is 0.913. The molecule has 5 aliphatic rings. The van der Waals surface area contributed by atoms with Gasteiger partial charge in [0, 0.05) is 43.2 Å². The molecule has 3 saturated carbocycles. The summed E-state index contributed by atoms with van der Waals surface area (Å²) in [5, 5.41) is 11.1. The summed E-state index contributed by atoms with van der Waals surface area (Å²) in [6.45, 7) is 6.35. The lowest BCUT2D eigenvalue weighted by atomic mass is 9.49. The molecule has 1 amide bonds. The largest absolute Gasteiger partial charge is 0.391 e. The van der Waals surface area contributed by atoms with Crippen molar-refractivity contribution in [2.75, 3.05) is 13.1 Å². The molecule has 2 N–H and O–H groups in total. The number of fused-ring (bicyclic) bond motifs is 5. The van der Waals surface area contributed by atoms with E-state index in [0.717, 1.165) is 63.7 Å². The first-order valence-corrected chi connectivity index (χ1v) is 11.2. The number of ketones is 1. The minimum atomic E-state index is -0.272. The maximum atomic E-state index is 13.2. The molecule has 0 radical (unpaired) electrons. The number of carbonyl (C=O) groups excluding carboxylic acids is 2. The van der Waals surface area contributed by atoms with Crippen molar-refractivity contribution in [3.05, 3.63) is 0 Å². The molecular weight excluding hydrogens is 354 g/mol. The van der Waals surface area contributed by atoms with Gasteiger partial charge in [0.2, 0.25) is 5.91 Å². The quantitative estimate of drug-likeness (QED) is 0.713. The molecule has 0 bridgehead atoms. The van der Waals surface area contributed by atoms with Crippen molar-refractivity contribution in [1.29, 1.82) is 0 Å². The predicted molar refractivity (Wildman–Crippen MR) is 106 cm³/mol. The number of oxime groups is 1. The normalized spacial score (nSPS) is 49.4. The van der Waals surface area contributed by atoms with E-state index >= 15 is 0 Å². The Morgan fingerprint density at radius 3 is 2.71 bits per heavy atom. The Morgan fingerprint density at radius 1 is 1.07 bits per heavy atom. The van der Waals surface area contributed by atoms with Crippen LogP contribution < -0.4 is 10.6 Å². The molecule has 0 spiro atoms. The molecule has 6 heteroatoms. The van der Waals surface area contributed by atoms with Crippen molar-refractivity contribution in [3.63, 3.8) is 0 Å². The number of nitrogens with one attached hydrogen (secondary N) is 2. The second kappa shape index (κ2) is 6.54. The van der Waals surface area contributed by atoms with Crippen molar-refractivity contribution in [3.8, 4) is 0 Å². The Kier molecular flexibility index (Phi) is 4.34. The highest BCUT2D eigenvalue weighted by atomic mass is 16.6. The molecule has 1 unspecified atom stereocenters. The van der Waals surface area contributed by atoms with E-state index in [1.807, 2.05) is 0 Å². The van der Waals surface area contributed by atoms with E-state index in [-0.39, 0.29) is 40.7 Å². The highest BCUT2D eigenvalue weighted by Gasteiger charge is 2.62. The Morgan fingerprint density at radius 2 is 1.93 bits per heavy atom. The fraction of sp³-hybridized carbons (Fsp3) is 0.864. The molecule has 5 rings (SSSR count). The lowest BCUT2D eigenvalue weighted by molar-refractivity contribution is -0.153. The average Bonchev–Trinajstić information content (AvgIpc) is 3.29. The first kappa shape index (κ1) is 18.6. The topological polar surface area (TPSA) is 79.8 Å². The molecule has 5 fully saturated rings. The summed E-state index contributed by atoms with van der Waals surface area (Å²) in [6.07, 6.45) is 7.48. The van der Waals surface area contributed by atoms with Crippen molar-refractivity contribution in [2.45, 2.75) is 77.4 Å². The van der Waals surface area contributed by atoms with E-state index in [1.165, 1.54) is 0 Å². The molecule has 0 aromatic heterocycles. The van der Waals surface area contributed by atoms with Crippen LogP contribution in [0.5, 0.6) is 0 Å². The van der Waals surface area contributed by atoms with Crippen LogP contribution in [0.25, 0.3) is 0 Å². The number of piperidine rings is 1. The Balaban J connectivity index is 1.35. The van der Waals surface area contributed by atoms with Crippen LogP contribution in [0.3, 0.4) is 0 Å². The van der Waals surface area contributed by atoms with Gasteiger partial charge in [-0.3, -0.25) is 9.59 Å². The maximum Gasteiger partial charge on any atom is 0.223 e. The summed E-state index contributed by atoms with van der Waals surface area (Å²) in [4.78, 5) is 31.5. The van der Waals surface area contributed by atoms with Crippen LogP contribution in [0.4, 0.5) is 0 Å². The molecule has 0 aromatic rings. The van der Waals surface area contributed by atoms with Gasteiger partial charge in [-0.2, -0.15) is 0 Å². The van der Waals surface area contributed by atoms with Gasteiger partial charge in [-0.25, -0.2) is 0 Å². The SMILES string of the molecule is C[C@]12CC/C(=N\O[C@@H]3CCNC3)CC1NC(=O)[C@@H]1[C@@H]2CC[C@]2(C)C(=O)CC[C@@H]12. The molecule has 3 aliphatic carbocycles. The van der Waals surface area contributed by atoms with Gasteiger partial charge in [0.05, 0.1) is 5.71 Å². The van der Waals surface area contributed by atoms with Gasteiger partial charge in [-0.1, -0.05) is 19.0 Å². The molecule has 7 atom stereocenters. The molecule has 0 aromatic carbocycles. The van der Waals surface area contributed by atoms with Gasteiger partial charge in [0.25, 0.3) is 0 Å². The molecule has 2 saturated heterocycles. The third-order valence-electron chi connectivity index (χ3n) is 8.98. The second-order valence-electron chi connectivity index (χ2n) is 10.3. The average molecular weight is 388 g/mol. The number of Topliss-reactive ketones (excluding diaryl/α,β-unsaturated/α-hetero) is 1. The minimum Gasteiger partial charge on any atom is -0.391 e. The molecule has 2 aliphatic heterocycles. The second-order valence-corrected chi connectivity index (χ2v) is 10.3. The van der Waals surface area contributed by atoms with Gasteiger partial charge in [0.1, 0.15) is 11.9 Å². The fourth-order valence-electron chi connectivity index (χ4n) is 7.06. The highest BCUT2D eigenvalue weighted by Crippen LogP contribution is 2.61. The Hall–Kier alpha value is -1.43. The maximum absolute atomic E-state index is 13.2. The van der Waals surface area contributed by atoms with Crippen LogP contribution in [-0.2, 0) is 14.4 Å². The molecule has 6 nitrogen and oxygen atoms in total. The first-order chi connectivity index (χ1) is 13.4. The summed E-state index contributed by atoms with van der Waals surface area (Å²) >= 11 is 0. The number of rotatable bonds is 2. The number of hydrogen-bond acceptors (Lipinski definition) is 5. The van der Waals surface area contributed by atoms with E-state index in [1.54, 1.807) is 0 Å². The third kappa shape index (κ3) is 2.66. The first-order valence-electron chi connectivity index (χ1n) is 11.2. The fourth-order valence-corrected chi connectivity index (χ4v) is 7.06. The standard InChI is InChI=1S/C22H33N3O3/c1-21-8-5-13(25-28-14-7-10-23-12-14)11-17(21)24-20(27)19-15-3-4-18(26)22(15,2)9-6-16(19)21/h14-17,19,23H,3-12H2,1-2H3,(H,24,27)/b25-13+/t14-,15+,16+,17?,19+,21-,22+/m1/s1. The van der Waals surface area contributed by atoms with Crippen LogP contribution >= 0.6 is 0 Å². The summed E-state index contributed by atoms with van der Waals surface area (Å²) in [5.74, 6) is 1.18. The van der Waals surface area contributed by atoms with E-state index in [9.17, 15) is 9.59 Å². The zero-order valence-electron chi connectivity index (χ0n) is 17.1. The van der Waals surface area contributed by atoms with Crippen LogP contribution in [0, 0.1) is 28.6 Å². The third-order valence-corrected chi connectivity index (χ3v) is 8.98. The van der Waals surface area contributed by atoms with Crippen LogP contribution in [-0.4, -0.2) is 42.6 Å². The predicted octanol–water partition coefficient (Wildman–Crippen LogP) is 2.42. The van der Waals surface area contributed by atoms with Crippen molar-refractivity contribution in [1.82, 2.24) is 10.6 Å². The van der Waals surface area contributed by atoms with E-state index in [2.05, 4.69) is 29.6 Å². The number of amides is 1. The van der Waals surface area contributed by atoms with E-state index in [4.69, 9.17) is 4.84 Å². The smallest absolute Gasteiger partial charge is 0.223 e. The lowest BCUT2D eigenvalue weighted by Gasteiger charge is -2.58. The zero-order chi connectivity index (χ0) is 19.5. The van der Waals surface area contributed by atoms with Crippen LogP contribution in [0.15, 0.2) is 5.16 Å². The number of nitrogens with zero attached hydrogens (tertiary/aromatic N) is 1. The molecular formula is C22H33N3O3.